The van der Waals surface area contributed by atoms with Crippen molar-refractivity contribution >= 4 is 65.9 Å². The van der Waals surface area contributed by atoms with E-state index in [9.17, 15) is 4.79 Å². The van der Waals surface area contributed by atoms with Gasteiger partial charge in [0, 0.05) is 4.47 Å². The zero-order valence-electron chi connectivity index (χ0n) is 10.6. The standard InChI is InChI=1S/C14H9BrClN3OS/c15-8-5-6-11-12(7-8)21-14(18-11)19-13(20)17-10-4-2-1-3-9(10)16/h1-7H,(H2,17,18,19,20). The van der Waals surface area contributed by atoms with Crippen molar-refractivity contribution in [3.05, 3.63) is 52.0 Å². The number of carbonyl (C=O) groups excluding carboxylic acids is 1. The van der Waals surface area contributed by atoms with E-state index in [1.54, 1.807) is 24.3 Å². The van der Waals surface area contributed by atoms with Gasteiger partial charge in [0.05, 0.1) is 20.9 Å². The molecule has 3 rings (SSSR count). The van der Waals surface area contributed by atoms with E-state index >= 15 is 0 Å². The average Bonchev–Trinajstić information content (AvgIpc) is 2.82. The van der Waals surface area contributed by atoms with Gasteiger partial charge in [0.2, 0.25) is 0 Å². The van der Waals surface area contributed by atoms with Crippen LogP contribution in [0.3, 0.4) is 0 Å². The molecule has 106 valence electrons. The molecule has 0 aliphatic heterocycles. The fourth-order valence-electron chi connectivity index (χ4n) is 1.77. The number of hydrogen-bond donors (Lipinski definition) is 2. The molecule has 2 N–H and O–H groups in total. The predicted molar refractivity (Wildman–Crippen MR) is 91.4 cm³/mol. The van der Waals surface area contributed by atoms with Gasteiger partial charge in [-0.15, -0.1) is 0 Å². The molecule has 0 radical (unpaired) electrons. The Balaban J connectivity index is 1.75. The molecule has 0 fully saturated rings. The van der Waals surface area contributed by atoms with Gasteiger partial charge in [-0.3, -0.25) is 5.32 Å². The third-order valence-electron chi connectivity index (χ3n) is 2.69. The fourth-order valence-corrected chi connectivity index (χ4v) is 3.36. The lowest BCUT2D eigenvalue weighted by Gasteiger charge is -2.06. The summed E-state index contributed by atoms with van der Waals surface area (Å²) in [5.74, 6) is 0. The minimum Gasteiger partial charge on any atom is -0.306 e. The second kappa shape index (κ2) is 6.01. The van der Waals surface area contributed by atoms with E-state index in [1.807, 2.05) is 18.2 Å². The van der Waals surface area contributed by atoms with Gasteiger partial charge in [-0.05, 0) is 30.3 Å². The van der Waals surface area contributed by atoms with Crippen LogP contribution in [-0.4, -0.2) is 11.0 Å². The molecule has 0 bridgehead atoms. The molecule has 3 aromatic rings. The Morgan fingerprint density at radius 1 is 1.19 bits per heavy atom. The molecule has 1 heterocycles. The molecule has 0 saturated carbocycles. The summed E-state index contributed by atoms with van der Waals surface area (Å²) >= 11 is 10.8. The molecule has 0 atom stereocenters. The summed E-state index contributed by atoms with van der Waals surface area (Å²) in [7, 11) is 0. The van der Waals surface area contributed by atoms with Crippen LogP contribution in [0.5, 0.6) is 0 Å². The quantitative estimate of drug-likeness (QED) is 0.627. The molecule has 7 heteroatoms. The van der Waals surface area contributed by atoms with Gasteiger partial charge in [0.25, 0.3) is 0 Å². The van der Waals surface area contributed by atoms with Crippen molar-refractivity contribution < 1.29 is 4.79 Å². The monoisotopic (exact) mass is 381 g/mol. The van der Waals surface area contributed by atoms with Gasteiger partial charge in [0.15, 0.2) is 5.13 Å². The lowest BCUT2D eigenvalue weighted by atomic mass is 10.3. The topological polar surface area (TPSA) is 54.0 Å². The van der Waals surface area contributed by atoms with Crippen LogP contribution >= 0.6 is 38.9 Å². The lowest BCUT2D eigenvalue weighted by Crippen LogP contribution is -2.19. The van der Waals surface area contributed by atoms with Crippen molar-refractivity contribution in [3.63, 3.8) is 0 Å². The first-order valence-corrected chi connectivity index (χ1v) is 7.99. The first-order valence-electron chi connectivity index (χ1n) is 6.00. The number of hydrogen-bond acceptors (Lipinski definition) is 3. The van der Waals surface area contributed by atoms with Gasteiger partial charge in [-0.25, -0.2) is 9.78 Å². The smallest absolute Gasteiger partial charge is 0.306 e. The molecule has 0 saturated heterocycles. The van der Waals surface area contributed by atoms with Crippen molar-refractivity contribution in [1.82, 2.24) is 4.98 Å². The third kappa shape index (κ3) is 3.34. The predicted octanol–water partition coefficient (Wildman–Crippen LogP) is 5.36. The van der Waals surface area contributed by atoms with Crippen LogP contribution < -0.4 is 10.6 Å². The van der Waals surface area contributed by atoms with Crippen LogP contribution in [0.4, 0.5) is 15.6 Å². The summed E-state index contributed by atoms with van der Waals surface area (Å²) in [6.07, 6.45) is 0. The van der Waals surface area contributed by atoms with Crippen LogP contribution in [0.2, 0.25) is 5.02 Å². The highest BCUT2D eigenvalue weighted by Gasteiger charge is 2.09. The number of aromatic nitrogens is 1. The third-order valence-corrected chi connectivity index (χ3v) is 4.45. The highest BCUT2D eigenvalue weighted by molar-refractivity contribution is 9.10. The maximum atomic E-state index is 12.0. The zero-order valence-corrected chi connectivity index (χ0v) is 13.7. The molecular formula is C14H9BrClN3OS. The van der Waals surface area contributed by atoms with Crippen molar-refractivity contribution in [2.24, 2.45) is 0 Å². The summed E-state index contributed by atoms with van der Waals surface area (Å²) in [5, 5.41) is 6.42. The normalized spacial score (nSPS) is 10.6. The Bertz CT molecular complexity index is 821. The Morgan fingerprint density at radius 3 is 2.81 bits per heavy atom. The van der Waals surface area contributed by atoms with Crippen molar-refractivity contribution in [3.8, 4) is 0 Å². The van der Waals surface area contributed by atoms with Gasteiger partial charge >= 0.3 is 6.03 Å². The van der Waals surface area contributed by atoms with Gasteiger partial charge in [-0.1, -0.05) is 51.0 Å². The number of para-hydroxylation sites is 1. The van der Waals surface area contributed by atoms with Gasteiger partial charge < -0.3 is 5.32 Å². The Kier molecular flexibility index (Phi) is 4.10. The molecule has 21 heavy (non-hydrogen) atoms. The highest BCUT2D eigenvalue weighted by atomic mass is 79.9. The summed E-state index contributed by atoms with van der Waals surface area (Å²) in [6.45, 7) is 0. The number of fused-ring (bicyclic) bond motifs is 1. The minimum atomic E-state index is -0.374. The summed E-state index contributed by atoms with van der Waals surface area (Å²) < 4.78 is 1.98. The number of anilines is 2. The van der Waals surface area contributed by atoms with Crippen LogP contribution in [0.25, 0.3) is 10.2 Å². The number of nitrogens with one attached hydrogen (secondary N) is 2. The van der Waals surface area contributed by atoms with E-state index in [4.69, 9.17) is 11.6 Å². The maximum absolute atomic E-state index is 12.0. The minimum absolute atomic E-state index is 0.374. The number of halogens is 2. The number of thiazole rings is 1. The lowest BCUT2D eigenvalue weighted by molar-refractivity contribution is 0.262. The van der Waals surface area contributed by atoms with E-state index in [-0.39, 0.29) is 6.03 Å². The number of benzene rings is 2. The Morgan fingerprint density at radius 2 is 2.00 bits per heavy atom. The van der Waals surface area contributed by atoms with Crippen LogP contribution in [0.1, 0.15) is 0 Å². The number of carbonyl (C=O) groups is 1. The Hall–Kier alpha value is -1.63. The molecule has 0 aliphatic rings. The number of rotatable bonds is 2. The maximum Gasteiger partial charge on any atom is 0.325 e. The molecular weight excluding hydrogens is 374 g/mol. The SMILES string of the molecule is O=C(Nc1nc2ccc(Br)cc2s1)Nc1ccccc1Cl. The van der Waals surface area contributed by atoms with Gasteiger partial charge in [-0.2, -0.15) is 0 Å². The molecule has 0 spiro atoms. The van der Waals surface area contributed by atoms with E-state index < -0.39 is 0 Å². The summed E-state index contributed by atoms with van der Waals surface area (Å²) in [5.41, 5.74) is 1.40. The fraction of sp³-hybridized carbons (Fsp3) is 0. The van der Waals surface area contributed by atoms with Crippen LogP contribution in [-0.2, 0) is 0 Å². The summed E-state index contributed by atoms with van der Waals surface area (Å²) in [4.78, 5) is 16.3. The van der Waals surface area contributed by atoms with Gasteiger partial charge in [0.1, 0.15) is 0 Å². The molecule has 4 nitrogen and oxygen atoms in total. The largest absolute Gasteiger partial charge is 0.325 e. The van der Waals surface area contributed by atoms with Crippen molar-refractivity contribution in [2.45, 2.75) is 0 Å². The van der Waals surface area contributed by atoms with Crippen molar-refractivity contribution in [1.29, 1.82) is 0 Å². The number of urea groups is 1. The van der Waals surface area contributed by atoms with E-state index in [0.717, 1.165) is 14.7 Å². The second-order valence-corrected chi connectivity index (χ2v) is 6.54. The molecule has 2 aromatic carbocycles. The van der Waals surface area contributed by atoms with Crippen LogP contribution in [0, 0.1) is 0 Å². The Labute approximate surface area is 138 Å². The average molecular weight is 383 g/mol. The van der Waals surface area contributed by atoms with Crippen molar-refractivity contribution in [2.75, 3.05) is 10.6 Å². The molecule has 0 unspecified atom stereocenters. The zero-order chi connectivity index (χ0) is 14.8. The highest BCUT2D eigenvalue weighted by Crippen LogP contribution is 2.28. The molecule has 1 aromatic heterocycles. The second-order valence-electron chi connectivity index (χ2n) is 4.19. The number of amides is 2. The molecule has 0 aliphatic carbocycles. The summed E-state index contributed by atoms with van der Waals surface area (Å²) in [6, 6.07) is 12.4. The van der Waals surface area contributed by atoms with E-state index in [0.29, 0.717) is 15.8 Å². The first kappa shape index (κ1) is 14.3. The van der Waals surface area contributed by atoms with Crippen LogP contribution in [0.15, 0.2) is 46.9 Å². The molecule has 2 amide bonds. The first-order chi connectivity index (χ1) is 10.1. The van der Waals surface area contributed by atoms with E-state index in [2.05, 4.69) is 31.5 Å². The van der Waals surface area contributed by atoms with E-state index in [1.165, 1.54) is 11.3 Å². The number of nitrogens with zero attached hydrogens (tertiary/aromatic N) is 1.